The molecule has 2 aromatic carbocycles. The van der Waals surface area contributed by atoms with Gasteiger partial charge in [-0.3, -0.25) is 9.69 Å². The van der Waals surface area contributed by atoms with Crippen molar-refractivity contribution in [3.8, 4) is 17.2 Å². The van der Waals surface area contributed by atoms with Gasteiger partial charge in [0, 0.05) is 11.6 Å². The Kier molecular flexibility index (Phi) is 3.72. The number of aromatic nitrogens is 1. The van der Waals surface area contributed by atoms with Gasteiger partial charge in [0.15, 0.2) is 0 Å². The minimum atomic E-state index is -0.407. The molecule has 0 saturated heterocycles. The number of carbonyl (C=O) groups is 1. The number of aryl methyl sites for hydroxylation is 1. The van der Waals surface area contributed by atoms with Crippen molar-refractivity contribution in [2.24, 2.45) is 0 Å². The highest BCUT2D eigenvalue weighted by molar-refractivity contribution is 6.06. The van der Waals surface area contributed by atoms with Crippen LogP contribution in [0.4, 0.5) is 10.1 Å². The molecule has 0 fully saturated rings. The summed E-state index contributed by atoms with van der Waals surface area (Å²) < 4.78 is 24.6. The Morgan fingerprint density at radius 2 is 2.00 bits per heavy atom. The molecule has 0 spiro atoms. The Bertz CT molecular complexity index is 937. The fraction of sp³-hybridized carbons (Fsp3) is 0.158. The van der Waals surface area contributed by atoms with Crippen LogP contribution in [0.15, 0.2) is 52.9 Å². The van der Waals surface area contributed by atoms with Gasteiger partial charge in [-0.25, -0.2) is 9.37 Å². The zero-order chi connectivity index (χ0) is 17.4. The first-order valence-electron chi connectivity index (χ1n) is 7.90. The van der Waals surface area contributed by atoms with Gasteiger partial charge in [-0.15, -0.1) is 0 Å². The molecule has 1 aliphatic heterocycles. The maximum Gasteiger partial charge on any atom is 0.296 e. The summed E-state index contributed by atoms with van der Waals surface area (Å²) in [4.78, 5) is 18.8. The quantitative estimate of drug-likeness (QED) is 0.713. The summed E-state index contributed by atoms with van der Waals surface area (Å²) in [6.07, 6.45) is 0. The molecule has 0 bridgehead atoms. The lowest BCUT2D eigenvalue weighted by Crippen LogP contribution is -2.38. The number of rotatable bonds is 2. The summed E-state index contributed by atoms with van der Waals surface area (Å²) in [6, 6.07) is 13.5. The molecule has 0 unspecified atom stereocenters. The van der Waals surface area contributed by atoms with Gasteiger partial charge >= 0.3 is 0 Å². The maximum absolute atomic E-state index is 13.4. The van der Waals surface area contributed by atoms with E-state index >= 15 is 0 Å². The number of fused-ring (bicyclic) bond motifs is 1. The van der Waals surface area contributed by atoms with Crippen molar-refractivity contribution < 1.29 is 18.3 Å². The fourth-order valence-corrected chi connectivity index (χ4v) is 2.83. The van der Waals surface area contributed by atoms with E-state index in [9.17, 15) is 9.18 Å². The average molecular weight is 338 g/mol. The Hall–Kier alpha value is -3.15. The van der Waals surface area contributed by atoms with Crippen molar-refractivity contribution in [2.45, 2.75) is 6.92 Å². The maximum atomic E-state index is 13.4. The third kappa shape index (κ3) is 2.76. The molecule has 0 atom stereocenters. The molecule has 0 aliphatic carbocycles. The van der Waals surface area contributed by atoms with Crippen molar-refractivity contribution in [3.05, 3.63) is 65.8 Å². The van der Waals surface area contributed by atoms with Crippen LogP contribution in [0, 0.1) is 12.7 Å². The standard InChI is InChI=1S/C19H15FN2O3/c1-12-17(25-18(21-12)13-5-3-2-4-6-13)19(23)22-9-10-24-16-11-14(20)7-8-15(16)22/h2-8,11H,9-10H2,1H3. The Labute approximate surface area is 143 Å². The summed E-state index contributed by atoms with van der Waals surface area (Å²) in [7, 11) is 0. The number of halogens is 1. The second-order valence-corrected chi connectivity index (χ2v) is 5.72. The van der Waals surface area contributed by atoms with Crippen LogP contribution in [-0.2, 0) is 0 Å². The zero-order valence-corrected chi connectivity index (χ0v) is 13.5. The normalized spacial score (nSPS) is 13.3. The number of hydrogen-bond donors (Lipinski definition) is 0. The van der Waals surface area contributed by atoms with E-state index in [1.54, 1.807) is 6.92 Å². The first-order valence-corrected chi connectivity index (χ1v) is 7.90. The van der Waals surface area contributed by atoms with Gasteiger partial charge in [0.05, 0.1) is 17.9 Å². The minimum Gasteiger partial charge on any atom is -0.489 e. The SMILES string of the molecule is Cc1nc(-c2ccccc2)oc1C(=O)N1CCOc2cc(F)ccc21. The van der Waals surface area contributed by atoms with Crippen LogP contribution >= 0.6 is 0 Å². The Morgan fingerprint density at radius 1 is 1.20 bits per heavy atom. The van der Waals surface area contributed by atoms with Crippen molar-refractivity contribution in [1.29, 1.82) is 0 Å². The van der Waals surface area contributed by atoms with Gasteiger partial charge < -0.3 is 9.15 Å². The first kappa shape index (κ1) is 15.4. The van der Waals surface area contributed by atoms with E-state index in [-0.39, 0.29) is 11.7 Å². The number of nitrogens with zero attached hydrogens (tertiary/aromatic N) is 2. The number of amides is 1. The second-order valence-electron chi connectivity index (χ2n) is 5.72. The lowest BCUT2D eigenvalue weighted by Gasteiger charge is -2.28. The molecular weight excluding hydrogens is 323 g/mol. The summed E-state index contributed by atoms with van der Waals surface area (Å²) in [5.74, 6) is 0.198. The van der Waals surface area contributed by atoms with Crippen LogP contribution in [0.3, 0.4) is 0 Å². The molecule has 0 saturated carbocycles. The highest BCUT2D eigenvalue weighted by atomic mass is 19.1. The summed E-state index contributed by atoms with van der Waals surface area (Å²) in [5, 5.41) is 0. The van der Waals surface area contributed by atoms with Crippen molar-refractivity contribution in [1.82, 2.24) is 4.98 Å². The fourth-order valence-electron chi connectivity index (χ4n) is 2.83. The molecule has 0 radical (unpaired) electrons. The summed E-state index contributed by atoms with van der Waals surface area (Å²) >= 11 is 0. The van der Waals surface area contributed by atoms with Crippen LogP contribution in [-0.4, -0.2) is 24.0 Å². The van der Waals surface area contributed by atoms with E-state index in [1.165, 1.54) is 23.1 Å². The lowest BCUT2D eigenvalue weighted by atomic mass is 10.2. The van der Waals surface area contributed by atoms with E-state index in [0.29, 0.717) is 36.2 Å². The molecule has 5 nitrogen and oxygen atoms in total. The number of oxazole rings is 1. The molecule has 126 valence electrons. The molecule has 6 heteroatoms. The Morgan fingerprint density at radius 3 is 2.80 bits per heavy atom. The van der Waals surface area contributed by atoms with E-state index in [1.807, 2.05) is 30.3 Å². The predicted octanol–water partition coefficient (Wildman–Crippen LogP) is 3.83. The smallest absolute Gasteiger partial charge is 0.296 e. The second kappa shape index (κ2) is 6.05. The largest absolute Gasteiger partial charge is 0.489 e. The molecule has 1 amide bonds. The van der Waals surface area contributed by atoms with Gasteiger partial charge in [0.1, 0.15) is 18.2 Å². The van der Waals surface area contributed by atoms with E-state index in [0.717, 1.165) is 5.56 Å². The van der Waals surface area contributed by atoms with E-state index in [4.69, 9.17) is 9.15 Å². The number of ether oxygens (including phenoxy) is 1. The van der Waals surface area contributed by atoms with Gasteiger partial charge in [-0.2, -0.15) is 0 Å². The van der Waals surface area contributed by atoms with E-state index < -0.39 is 5.82 Å². The van der Waals surface area contributed by atoms with Crippen molar-refractivity contribution in [2.75, 3.05) is 18.1 Å². The van der Waals surface area contributed by atoms with Crippen molar-refractivity contribution in [3.63, 3.8) is 0 Å². The zero-order valence-electron chi connectivity index (χ0n) is 13.5. The lowest BCUT2D eigenvalue weighted by molar-refractivity contribution is 0.0949. The number of benzene rings is 2. The number of hydrogen-bond acceptors (Lipinski definition) is 4. The summed E-state index contributed by atoms with van der Waals surface area (Å²) in [6.45, 7) is 2.38. The molecular formula is C19H15FN2O3. The molecule has 0 N–H and O–H groups in total. The number of anilines is 1. The first-order chi connectivity index (χ1) is 12.1. The highest BCUT2D eigenvalue weighted by Crippen LogP contribution is 2.34. The van der Waals surface area contributed by atoms with Crippen LogP contribution in [0.1, 0.15) is 16.2 Å². The van der Waals surface area contributed by atoms with Crippen molar-refractivity contribution >= 4 is 11.6 Å². The van der Waals surface area contributed by atoms with Gasteiger partial charge in [0.25, 0.3) is 5.91 Å². The number of carbonyl (C=O) groups excluding carboxylic acids is 1. The van der Waals surface area contributed by atoms with Crippen LogP contribution in [0.25, 0.3) is 11.5 Å². The monoisotopic (exact) mass is 338 g/mol. The minimum absolute atomic E-state index is 0.177. The highest BCUT2D eigenvalue weighted by Gasteiger charge is 2.29. The molecule has 25 heavy (non-hydrogen) atoms. The average Bonchev–Trinajstić information content (AvgIpc) is 3.03. The third-order valence-electron chi connectivity index (χ3n) is 4.04. The molecule has 1 aromatic heterocycles. The Balaban J connectivity index is 1.70. The van der Waals surface area contributed by atoms with Crippen LogP contribution in [0.2, 0.25) is 0 Å². The molecule has 4 rings (SSSR count). The van der Waals surface area contributed by atoms with Gasteiger partial charge in [0.2, 0.25) is 11.7 Å². The summed E-state index contributed by atoms with van der Waals surface area (Å²) in [5.41, 5.74) is 1.84. The molecule has 2 heterocycles. The van der Waals surface area contributed by atoms with E-state index in [2.05, 4.69) is 4.98 Å². The molecule has 1 aliphatic rings. The van der Waals surface area contributed by atoms with Crippen LogP contribution < -0.4 is 9.64 Å². The molecule has 3 aromatic rings. The third-order valence-corrected chi connectivity index (χ3v) is 4.04. The topological polar surface area (TPSA) is 55.6 Å². The van der Waals surface area contributed by atoms with Gasteiger partial charge in [-0.05, 0) is 31.2 Å². The van der Waals surface area contributed by atoms with Gasteiger partial charge in [-0.1, -0.05) is 18.2 Å². The predicted molar refractivity (Wildman–Crippen MR) is 90.2 cm³/mol. The van der Waals surface area contributed by atoms with Crippen LogP contribution in [0.5, 0.6) is 5.75 Å².